The highest BCUT2D eigenvalue weighted by atomic mass is 15.0. The summed E-state index contributed by atoms with van der Waals surface area (Å²) in [6.45, 7) is 8.84. The van der Waals surface area contributed by atoms with E-state index in [2.05, 4.69) is 62.3 Å². The molecule has 0 unspecified atom stereocenters. The molecule has 1 aromatic carbocycles. The molecule has 0 atom stereocenters. The van der Waals surface area contributed by atoms with Gasteiger partial charge in [0.2, 0.25) is 0 Å². The lowest BCUT2D eigenvalue weighted by Gasteiger charge is -2.20. The minimum Gasteiger partial charge on any atom is -0.373 e. The summed E-state index contributed by atoms with van der Waals surface area (Å²) < 4.78 is 0. The van der Waals surface area contributed by atoms with Gasteiger partial charge < -0.3 is 5.32 Å². The molecule has 90 valence electrons. The second kappa shape index (κ2) is 4.02. The number of benzene rings is 1. The van der Waals surface area contributed by atoms with Crippen LogP contribution in [0.15, 0.2) is 24.3 Å². The molecule has 0 fully saturated rings. The Kier molecular flexibility index (Phi) is 2.82. The SMILES string of the molecule is CNc1cc(C)c2cc(C(C)(C)C)ccc2n1. The number of nitrogens with zero attached hydrogens (tertiary/aromatic N) is 1. The van der Waals surface area contributed by atoms with Gasteiger partial charge in [0.1, 0.15) is 5.82 Å². The van der Waals surface area contributed by atoms with E-state index in [1.54, 1.807) is 0 Å². The first kappa shape index (κ1) is 11.9. The molecular formula is C15H20N2. The molecule has 1 aromatic heterocycles. The number of hydrogen-bond acceptors (Lipinski definition) is 2. The number of hydrogen-bond donors (Lipinski definition) is 1. The van der Waals surface area contributed by atoms with Gasteiger partial charge in [-0.25, -0.2) is 4.98 Å². The van der Waals surface area contributed by atoms with Crippen molar-refractivity contribution in [2.75, 3.05) is 12.4 Å². The van der Waals surface area contributed by atoms with E-state index in [0.717, 1.165) is 11.3 Å². The van der Waals surface area contributed by atoms with E-state index >= 15 is 0 Å². The predicted molar refractivity (Wildman–Crippen MR) is 74.7 cm³/mol. The minimum absolute atomic E-state index is 0.183. The largest absolute Gasteiger partial charge is 0.373 e. The molecule has 0 radical (unpaired) electrons. The lowest BCUT2D eigenvalue weighted by molar-refractivity contribution is 0.591. The van der Waals surface area contributed by atoms with E-state index in [1.807, 2.05) is 7.05 Å². The van der Waals surface area contributed by atoms with Crippen LogP contribution in [-0.2, 0) is 5.41 Å². The third-order valence-corrected chi connectivity index (χ3v) is 3.14. The second-order valence-corrected chi connectivity index (χ2v) is 5.56. The molecule has 1 N–H and O–H groups in total. The average Bonchev–Trinajstić information content (AvgIpc) is 2.27. The fourth-order valence-electron chi connectivity index (χ4n) is 1.99. The second-order valence-electron chi connectivity index (χ2n) is 5.56. The molecule has 2 aromatic rings. The van der Waals surface area contributed by atoms with E-state index in [4.69, 9.17) is 0 Å². The molecule has 2 nitrogen and oxygen atoms in total. The molecule has 2 rings (SSSR count). The van der Waals surface area contributed by atoms with E-state index in [1.165, 1.54) is 16.5 Å². The fourth-order valence-corrected chi connectivity index (χ4v) is 1.99. The first-order valence-corrected chi connectivity index (χ1v) is 6.01. The summed E-state index contributed by atoms with van der Waals surface area (Å²) >= 11 is 0. The summed E-state index contributed by atoms with van der Waals surface area (Å²) in [5, 5.41) is 4.34. The van der Waals surface area contributed by atoms with E-state index in [9.17, 15) is 0 Å². The van der Waals surface area contributed by atoms with Crippen molar-refractivity contribution in [3.05, 3.63) is 35.4 Å². The van der Waals surface area contributed by atoms with Crippen LogP contribution < -0.4 is 5.32 Å². The van der Waals surface area contributed by atoms with Gasteiger partial charge in [0.25, 0.3) is 0 Å². The smallest absolute Gasteiger partial charge is 0.126 e. The van der Waals surface area contributed by atoms with Gasteiger partial charge >= 0.3 is 0 Å². The molecule has 0 aliphatic heterocycles. The van der Waals surface area contributed by atoms with Gasteiger partial charge in [0.15, 0.2) is 0 Å². The van der Waals surface area contributed by atoms with Crippen molar-refractivity contribution in [1.82, 2.24) is 4.98 Å². The number of nitrogens with one attached hydrogen (secondary N) is 1. The number of pyridine rings is 1. The van der Waals surface area contributed by atoms with E-state index in [-0.39, 0.29) is 5.41 Å². The van der Waals surface area contributed by atoms with Gasteiger partial charge in [-0.15, -0.1) is 0 Å². The number of anilines is 1. The summed E-state index contributed by atoms with van der Waals surface area (Å²) in [7, 11) is 1.90. The topological polar surface area (TPSA) is 24.9 Å². The van der Waals surface area contributed by atoms with Crippen LogP contribution in [0.1, 0.15) is 31.9 Å². The molecule has 2 heteroatoms. The van der Waals surface area contributed by atoms with Gasteiger partial charge in [-0.3, -0.25) is 0 Å². The first-order chi connectivity index (χ1) is 7.91. The first-order valence-electron chi connectivity index (χ1n) is 6.01. The Hall–Kier alpha value is -1.57. The van der Waals surface area contributed by atoms with Crippen molar-refractivity contribution in [3.8, 4) is 0 Å². The molecular weight excluding hydrogens is 208 g/mol. The summed E-state index contributed by atoms with van der Waals surface area (Å²) in [6.07, 6.45) is 0. The van der Waals surface area contributed by atoms with E-state index in [0.29, 0.717) is 0 Å². The number of fused-ring (bicyclic) bond motifs is 1. The van der Waals surface area contributed by atoms with Crippen LogP contribution in [0, 0.1) is 6.92 Å². The Morgan fingerprint density at radius 3 is 2.41 bits per heavy atom. The Balaban J connectivity index is 2.67. The lowest BCUT2D eigenvalue weighted by Crippen LogP contribution is -2.10. The van der Waals surface area contributed by atoms with E-state index < -0.39 is 0 Å². The third kappa shape index (κ3) is 2.26. The maximum Gasteiger partial charge on any atom is 0.126 e. The molecule has 0 spiro atoms. The third-order valence-electron chi connectivity index (χ3n) is 3.14. The molecule has 0 bridgehead atoms. The van der Waals surface area contributed by atoms with Crippen molar-refractivity contribution in [1.29, 1.82) is 0 Å². The zero-order chi connectivity index (χ0) is 12.6. The summed E-state index contributed by atoms with van der Waals surface area (Å²) in [5.74, 6) is 0.929. The Bertz CT molecular complexity index is 551. The molecule has 17 heavy (non-hydrogen) atoms. The number of aryl methyl sites for hydroxylation is 1. The van der Waals surface area contributed by atoms with Gasteiger partial charge in [-0.05, 0) is 41.7 Å². The van der Waals surface area contributed by atoms with Crippen molar-refractivity contribution in [2.24, 2.45) is 0 Å². The van der Waals surface area contributed by atoms with Crippen LogP contribution in [0.25, 0.3) is 10.9 Å². The monoisotopic (exact) mass is 228 g/mol. The minimum atomic E-state index is 0.183. The van der Waals surface area contributed by atoms with Crippen LogP contribution in [0.3, 0.4) is 0 Å². The Labute approximate surface area is 103 Å². The fraction of sp³-hybridized carbons (Fsp3) is 0.400. The van der Waals surface area contributed by atoms with Gasteiger partial charge in [0, 0.05) is 12.4 Å². The van der Waals surface area contributed by atoms with Crippen LogP contribution in [0.2, 0.25) is 0 Å². The van der Waals surface area contributed by atoms with Crippen LogP contribution in [0.5, 0.6) is 0 Å². The Morgan fingerprint density at radius 2 is 1.82 bits per heavy atom. The van der Waals surface area contributed by atoms with Crippen molar-refractivity contribution in [2.45, 2.75) is 33.1 Å². The zero-order valence-corrected chi connectivity index (χ0v) is 11.3. The molecule has 0 saturated carbocycles. The highest BCUT2D eigenvalue weighted by Crippen LogP contribution is 2.27. The summed E-state index contributed by atoms with van der Waals surface area (Å²) in [6, 6.07) is 8.64. The van der Waals surface area contributed by atoms with Crippen molar-refractivity contribution < 1.29 is 0 Å². The predicted octanol–water partition coefficient (Wildman–Crippen LogP) is 3.88. The molecule has 1 heterocycles. The van der Waals surface area contributed by atoms with Crippen LogP contribution in [0.4, 0.5) is 5.82 Å². The van der Waals surface area contributed by atoms with Gasteiger partial charge in [0.05, 0.1) is 5.52 Å². The standard InChI is InChI=1S/C15H20N2/c1-10-8-14(16-5)17-13-7-6-11(9-12(10)13)15(2,3)4/h6-9H,1-5H3,(H,16,17). The van der Waals surface area contributed by atoms with Gasteiger partial charge in [-0.2, -0.15) is 0 Å². The van der Waals surface area contributed by atoms with Gasteiger partial charge in [-0.1, -0.05) is 26.8 Å². The maximum atomic E-state index is 4.57. The summed E-state index contributed by atoms with van der Waals surface area (Å²) in [5.41, 5.74) is 3.86. The summed E-state index contributed by atoms with van der Waals surface area (Å²) in [4.78, 5) is 4.57. The zero-order valence-electron chi connectivity index (χ0n) is 11.3. The van der Waals surface area contributed by atoms with Crippen LogP contribution in [-0.4, -0.2) is 12.0 Å². The average molecular weight is 228 g/mol. The molecule has 0 aliphatic rings. The molecule has 0 amide bonds. The Morgan fingerprint density at radius 1 is 1.12 bits per heavy atom. The maximum absolute atomic E-state index is 4.57. The van der Waals surface area contributed by atoms with Crippen molar-refractivity contribution in [3.63, 3.8) is 0 Å². The number of aromatic nitrogens is 1. The lowest BCUT2D eigenvalue weighted by atomic mass is 9.86. The normalized spacial score (nSPS) is 11.8. The quantitative estimate of drug-likeness (QED) is 0.801. The molecule has 0 aliphatic carbocycles. The number of rotatable bonds is 1. The molecule has 0 saturated heterocycles. The van der Waals surface area contributed by atoms with Crippen molar-refractivity contribution >= 4 is 16.7 Å². The highest BCUT2D eigenvalue weighted by Gasteiger charge is 2.14. The van der Waals surface area contributed by atoms with Crippen LogP contribution >= 0.6 is 0 Å². The highest BCUT2D eigenvalue weighted by molar-refractivity contribution is 5.84.